The van der Waals surface area contributed by atoms with Gasteiger partial charge in [0, 0.05) is 48.5 Å². The zero-order chi connectivity index (χ0) is 14.2. The number of piperazine rings is 1. The van der Waals surface area contributed by atoms with Crippen molar-refractivity contribution >= 4 is 21.6 Å². The van der Waals surface area contributed by atoms with Crippen LogP contribution in [0.5, 0.6) is 0 Å². The summed E-state index contributed by atoms with van der Waals surface area (Å²) in [6.07, 6.45) is 5.24. The molecule has 2 aliphatic rings. The van der Waals surface area contributed by atoms with Gasteiger partial charge >= 0.3 is 0 Å². The number of rotatable bonds is 2. The van der Waals surface area contributed by atoms with Gasteiger partial charge in [-0.3, -0.25) is 9.88 Å². The monoisotopic (exact) mass is 343 g/mol. The Morgan fingerprint density at radius 3 is 2.90 bits per heavy atom. The number of anilines is 1. The second-order valence-electron chi connectivity index (χ2n) is 5.88. The number of fused-ring (bicyclic) bond motifs is 2. The quantitative estimate of drug-likeness (QED) is 0.832. The maximum atomic E-state index is 4.48. The minimum absolute atomic E-state index is 0.665. The van der Waals surface area contributed by atoms with E-state index in [9.17, 15) is 0 Å². The highest BCUT2D eigenvalue weighted by Crippen LogP contribution is 2.30. The number of aromatic nitrogens is 1. The third-order valence-corrected chi connectivity index (χ3v) is 5.05. The summed E-state index contributed by atoms with van der Waals surface area (Å²) in [7, 11) is 0. The van der Waals surface area contributed by atoms with Crippen molar-refractivity contribution in [3.05, 3.63) is 47.2 Å². The van der Waals surface area contributed by atoms with Crippen LogP contribution >= 0.6 is 15.9 Å². The van der Waals surface area contributed by atoms with Gasteiger partial charge in [-0.1, -0.05) is 28.1 Å². The van der Waals surface area contributed by atoms with Crippen LogP contribution in [0.4, 0.5) is 5.69 Å². The maximum Gasteiger partial charge on any atom is 0.0562 e. The fourth-order valence-electron chi connectivity index (χ4n) is 3.45. The summed E-state index contributed by atoms with van der Waals surface area (Å²) >= 11 is 3.54. The van der Waals surface area contributed by atoms with E-state index in [1.165, 1.54) is 42.9 Å². The molecular formula is C17H18BrN3. The van der Waals surface area contributed by atoms with Crippen LogP contribution in [0, 0.1) is 0 Å². The predicted octanol–water partition coefficient (Wildman–Crippen LogP) is 3.41. The maximum absolute atomic E-state index is 4.48. The molecule has 0 saturated carbocycles. The van der Waals surface area contributed by atoms with Gasteiger partial charge in [0.25, 0.3) is 0 Å². The highest BCUT2D eigenvalue weighted by molar-refractivity contribution is 9.10. The minimum Gasteiger partial charge on any atom is -0.365 e. The number of benzene rings is 1. The van der Waals surface area contributed by atoms with Crippen LogP contribution in [-0.2, 0) is 0 Å². The average Bonchev–Trinajstić information content (AvgIpc) is 2.89. The van der Waals surface area contributed by atoms with Crippen molar-refractivity contribution in [1.29, 1.82) is 0 Å². The van der Waals surface area contributed by atoms with E-state index < -0.39 is 0 Å². The zero-order valence-electron chi connectivity index (χ0n) is 11.9. The van der Waals surface area contributed by atoms with Gasteiger partial charge in [0.2, 0.25) is 0 Å². The van der Waals surface area contributed by atoms with Crippen LogP contribution in [0.15, 0.2) is 47.2 Å². The van der Waals surface area contributed by atoms with Crippen LogP contribution in [0.3, 0.4) is 0 Å². The molecule has 2 fully saturated rings. The first-order valence-electron chi connectivity index (χ1n) is 7.49. The first-order chi connectivity index (χ1) is 10.3. The van der Waals surface area contributed by atoms with Crippen LogP contribution in [-0.4, -0.2) is 42.1 Å². The SMILES string of the molecule is Brc1cccc(-c2cncc(N3CCN4CCC3C4)c2)c1. The van der Waals surface area contributed by atoms with E-state index >= 15 is 0 Å². The molecule has 1 aromatic carbocycles. The Labute approximate surface area is 133 Å². The fourth-order valence-corrected chi connectivity index (χ4v) is 3.85. The zero-order valence-corrected chi connectivity index (χ0v) is 13.5. The molecule has 0 aliphatic carbocycles. The smallest absolute Gasteiger partial charge is 0.0562 e. The highest BCUT2D eigenvalue weighted by Gasteiger charge is 2.32. The molecule has 2 bridgehead atoms. The summed E-state index contributed by atoms with van der Waals surface area (Å²) in [6, 6.07) is 11.4. The normalized spacial score (nSPS) is 24.3. The molecule has 2 aliphatic heterocycles. The lowest BCUT2D eigenvalue weighted by Crippen LogP contribution is -2.46. The lowest BCUT2D eigenvalue weighted by Gasteiger charge is -2.36. The molecule has 0 spiro atoms. The Morgan fingerprint density at radius 2 is 2.00 bits per heavy atom. The van der Waals surface area contributed by atoms with Crippen molar-refractivity contribution in [1.82, 2.24) is 9.88 Å². The molecule has 108 valence electrons. The van der Waals surface area contributed by atoms with Gasteiger partial charge in [-0.15, -0.1) is 0 Å². The highest BCUT2D eigenvalue weighted by atomic mass is 79.9. The summed E-state index contributed by atoms with van der Waals surface area (Å²) in [4.78, 5) is 9.58. The number of pyridine rings is 1. The molecule has 3 nitrogen and oxygen atoms in total. The molecule has 4 heteroatoms. The molecule has 0 amide bonds. The predicted molar refractivity (Wildman–Crippen MR) is 89.6 cm³/mol. The van der Waals surface area contributed by atoms with Crippen LogP contribution < -0.4 is 4.90 Å². The molecular weight excluding hydrogens is 326 g/mol. The summed E-state index contributed by atoms with van der Waals surface area (Å²) in [5.41, 5.74) is 3.66. The van der Waals surface area contributed by atoms with Crippen LogP contribution in [0.2, 0.25) is 0 Å². The third kappa shape index (κ3) is 2.58. The summed E-state index contributed by atoms with van der Waals surface area (Å²) in [5.74, 6) is 0. The summed E-state index contributed by atoms with van der Waals surface area (Å²) < 4.78 is 1.11. The largest absolute Gasteiger partial charge is 0.365 e. The Kier molecular flexibility index (Phi) is 3.43. The van der Waals surface area contributed by atoms with Crippen molar-refractivity contribution < 1.29 is 0 Å². The molecule has 0 radical (unpaired) electrons. The van der Waals surface area contributed by atoms with Gasteiger partial charge < -0.3 is 4.90 Å². The first-order valence-corrected chi connectivity index (χ1v) is 8.29. The summed E-state index contributed by atoms with van der Waals surface area (Å²) in [5, 5.41) is 0. The average molecular weight is 344 g/mol. The van der Waals surface area contributed by atoms with Crippen molar-refractivity contribution in [2.75, 3.05) is 31.1 Å². The van der Waals surface area contributed by atoms with E-state index in [1.807, 2.05) is 12.4 Å². The van der Waals surface area contributed by atoms with Crippen molar-refractivity contribution in [3.8, 4) is 11.1 Å². The number of hydrogen-bond donors (Lipinski definition) is 0. The van der Waals surface area contributed by atoms with Crippen molar-refractivity contribution in [2.45, 2.75) is 12.5 Å². The van der Waals surface area contributed by atoms with Gasteiger partial charge in [-0.2, -0.15) is 0 Å². The Hall–Kier alpha value is -1.39. The van der Waals surface area contributed by atoms with E-state index in [1.54, 1.807) is 0 Å². The van der Waals surface area contributed by atoms with E-state index in [-0.39, 0.29) is 0 Å². The van der Waals surface area contributed by atoms with Gasteiger partial charge in [-0.25, -0.2) is 0 Å². The van der Waals surface area contributed by atoms with E-state index in [2.05, 4.69) is 61.0 Å². The first kappa shape index (κ1) is 13.3. The number of hydrogen-bond acceptors (Lipinski definition) is 3. The van der Waals surface area contributed by atoms with E-state index in [0.717, 1.165) is 11.0 Å². The Morgan fingerprint density at radius 1 is 1.05 bits per heavy atom. The topological polar surface area (TPSA) is 19.4 Å². The number of halogens is 1. The van der Waals surface area contributed by atoms with Gasteiger partial charge in [0.15, 0.2) is 0 Å². The standard InChI is InChI=1S/C17H18BrN3/c18-15-3-1-2-13(8-15)14-9-17(11-19-10-14)21-7-6-20-5-4-16(21)12-20/h1-3,8-11,16H,4-7,12H2. The molecule has 2 unspecified atom stereocenters. The second kappa shape index (κ2) is 5.43. The Bertz CT molecular complexity index is 658. The molecule has 4 rings (SSSR count). The Balaban J connectivity index is 1.66. The van der Waals surface area contributed by atoms with Crippen LogP contribution in [0.1, 0.15) is 6.42 Å². The van der Waals surface area contributed by atoms with E-state index in [0.29, 0.717) is 6.04 Å². The molecule has 3 heterocycles. The van der Waals surface area contributed by atoms with Crippen LogP contribution in [0.25, 0.3) is 11.1 Å². The van der Waals surface area contributed by atoms with E-state index in [4.69, 9.17) is 0 Å². The molecule has 2 aromatic rings. The van der Waals surface area contributed by atoms with Gasteiger partial charge in [-0.05, 0) is 30.2 Å². The van der Waals surface area contributed by atoms with Gasteiger partial charge in [0.05, 0.1) is 11.9 Å². The number of nitrogens with zero attached hydrogens (tertiary/aromatic N) is 3. The lowest BCUT2D eigenvalue weighted by molar-refractivity contribution is 0.310. The third-order valence-electron chi connectivity index (χ3n) is 4.56. The molecule has 0 N–H and O–H groups in total. The van der Waals surface area contributed by atoms with Crippen molar-refractivity contribution in [3.63, 3.8) is 0 Å². The lowest BCUT2D eigenvalue weighted by atomic mass is 10.1. The second-order valence-corrected chi connectivity index (χ2v) is 6.79. The molecule has 1 aromatic heterocycles. The van der Waals surface area contributed by atoms with Gasteiger partial charge in [0.1, 0.15) is 0 Å². The molecule has 2 atom stereocenters. The molecule has 21 heavy (non-hydrogen) atoms. The van der Waals surface area contributed by atoms with Crippen molar-refractivity contribution in [2.24, 2.45) is 0 Å². The fraction of sp³-hybridized carbons (Fsp3) is 0.353. The summed E-state index contributed by atoms with van der Waals surface area (Å²) in [6.45, 7) is 4.76. The minimum atomic E-state index is 0.665. The molecule has 2 saturated heterocycles.